The molecule has 0 amide bonds. The summed E-state index contributed by atoms with van der Waals surface area (Å²) in [4.78, 5) is 0. The van der Waals surface area contributed by atoms with Crippen molar-refractivity contribution in [3.8, 4) is 5.75 Å². The normalized spacial score (nSPS) is 10.9. The maximum absolute atomic E-state index is 5.35. The average Bonchev–Trinajstić information content (AvgIpc) is 2.85. The zero-order chi connectivity index (χ0) is 13.7. The van der Waals surface area contributed by atoms with Gasteiger partial charge in [0.2, 0.25) is 0 Å². The highest BCUT2D eigenvalue weighted by molar-refractivity contribution is 5.33. The van der Waals surface area contributed by atoms with E-state index in [0.29, 0.717) is 6.04 Å². The van der Waals surface area contributed by atoms with E-state index in [4.69, 9.17) is 4.74 Å². The van der Waals surface area contributed by atoms with E-state index in [0.717, 1.165) is 30.1 Å². The Hall–Kier alpha value is -1.81. The Morgan fingerprint density at radius 2 is 2.05 bits per heavy atom. The van der Waals surface area contributed by atoms with Crippen molar-refractivity contribution in [2.45, 2.75) is 33.0 Å². The van der Waals surface area contributed by atoms with Gasteiger partial charge in [-0.25, -0.2) is 0 Å². The molecule has 19 heavy (non-hydrogen) atoms. The van der Waals surface area contributed by atoms with Crippen LogP contribution in [-0.4, -0.2) is 22.9 Å². The van der Waals surface area contributed by atoms with Gasteiger partial charge in [0.15, 0.2) is 0 Å². The highest BCUT2D eigenvalue weighted by atomic mass is 16.5. The third kappa shape index (κ3) is 3.83. The second-order valence-corrected chi connectivity index (χ2v) is 4.85. The van der Waals surface area contributed by atoms with Crippen LogP contribution in [0.3, 0.4) is 0 Å². The van der Waals surface area contributed by atoms with Crippen molar-refractivity contribution in [2.75, 3.05) is 7.11 Å². The van der Waals surface area contributed by atoms with E-state index in [2.05, 4.69) is 30.3 Å². The van der Waals surface area contributed by atoms with Crippen LogP contribution in [0.25, 0.3) is 0 Å². The Labute approximate surface area is 114 Å². The summed E-state index contributed by atoms with van der Waals surface area (Å²) >= 11 is 0. The highest BCUT2D eigenvalue weighted by Crippen LogP contribution is 2.18. The van der Waals surface area contributed by atoms with Crippen LogP contribution in [-0.2, 0) is 13.1 Å². The second kappa shape index (κ2) is 6.38. The maximum Gasteiger partial charge on any atom is 0.123 e. The molecule has 102 valence electrons. The van der Waals surface area contributed by atoms with E-state index >= 15 is 0 Å². The molecule has 0 unspecified atom stereocenters. The van der Waals surface area contributed by atoms with Gasteiger partial charge < -0.3 is 10.1 Å². The van der Waals surface area contributed by atoms with Crippen LogP contribution in [0.5, 0.6) is 5.75 Å². The second-order valence-electron chi connectivity index (χ2n) is 4.85. The molecule has 0 spiro atoms. The smallest absolute Gasteiger partial charge is 0.123 e. The van der Waals surface area contributed by atoms with E-state index in [9.17, 15) is 0 Å². The predicted octanol–water partition coefficient (Wildman–Crippen LogP) is 2.44. The molecular formula is C15H21N3O. The van der Waals surface area contributed by atoms with Crippen LogP contribution < -0.4 is 10.1 Å². The number of methoxy groups -OCH3 is 1. The summed E-state index contributed by atoms with van der Waals surface area (Å²) in [5.74, 6) is 0.903. The van der Waals surface area contributed by atoms with Crippen LogP contribution in [0, 0.1) is 0 Å². The van der Waals surface area contributed by atoms with Crippen molar-refractivity contribution >= 4 is 0 Å². The van der Waals surface area contributed by atoms with Gasteiger partial charge in [-0.05, 0) is 12.1 Å². The molecule has 0 saturated carbocycles. The molecule has 0 aliphatic rings. The Bertz CT molecular complexity index is 520. The predicted molar refractivity (Wildman–Crippen MR) is 76.3 cm³/mol. The van der Waals surface area contributed by atoms with Crippen LogP contribution >= 0.6 is 0 Å². The number of benzene rings is 1. The summed E-state index contributed by atoms with van der Waals surface area (Å²) < 4.78 is 7.29. The minimum atomic E-state index is 0.472. The van der Waals surface area contributed by atoms with Crippen molar-refractivity contribution in [3.05, 3.63) is 47.8 Å². The zero-order valence-electron chi connectivity index (χ0n) is 11.8. The summed E-state index contributed by atoms with van der Waals surface area (Å²) in [7, 11) is 1.69. The molecule has 1 aromatic carbocycles. The number of nitrogens with one attached hydrogen (secondary N) is 1. The van der Waals surface area contributed by atoms with E-state index in [1.165, 1.54) is 0 Å². The molecule has 0 aliphatic carbocycles. The molecule has 0 saturated heterocycles. The molecule has 0 aliphatic heterocycles. The van der Waals surface area contributed by atoms with Crippen LogP contribution in [0.1, 0.15) is 25.1 Å². The lowest BCUT2D eigenvalue weighted by molar-refractivity contribution is 0.407. The Morgan fingerprint density at radius 1 is 1.26 bits per heavy atom. The number of rotatable bonds is 6. The molecule has 0 bridgehead atoms. The lowest BCUT2D eigenvalue weighted by Crippen LogP contribution is -2.22. The van der Waals surface area contributed by atoms with Crippen molar-refractivity contribution in [2.24, 2.45) is 0 Å². The van der Waals surface area contributed by atoms with Gasteiger partial charge in [0.1, 0.15) is 5.75 Å². The lowest BCUT2D eigenvalue weighted by Gasteiger charge is -2.08. The molecular weight excluding hydrogens is 238 g/mol. The third-order valence-electron chi connectivity index (χ3n) is 2.91. The van der Waals surface area contributed by atoms with Gasteiger partial charge in [-0.2, -0.15) is 5.10 Å². The molecule has 4 heteroatoms. The third-order valence-corrected chi connectivity index (χ3v) is 2.91. The molecule has 0 atom stereocenters. The lowest BCUT2D eigenvalue weighted by atomic mass is 10.2. The zero-order valence-corrected chi connectivity index (χ0v) is 11.8. The van der Waals surface area contributed by atoms with E-state index in [1.807, 2.05) is 35.1 Å². The van der Waals surface area contributed by atoms with Crippen molar-refractivity contribution in [3.63, 3.8) is 0 Å². The number of hydrogen-bond donors (Lipinski definition) is 1. The fourth-order valence-corrected chi connectivity index (χ4v) is 1.90. The van der Waals surface area contributed by atoms with Crippen molar-refractivity contribution in [1.29, 1.82) is 0 Å². The summed E-state index contributed by atoms with van der Waals surface area (Å²) in [6, 6.07) is 10.5. The number of hydrogen-bond acceptors (Lipinski definition) is 3. The van der Waals surface area contributed by atoms with Gasteiger partial charge in [0.05, 0.1) is 19.3 Å². The van der Waals surface area contributed by atoms with Gasteiger partial charge in [-0.1, -0.05) is 32.0 Å². The first-order chi connectivity index (χ1) is 9.19. The molecule has 2 aromatic rings. The van der Waals surface area contributed by atoms with Crippen LogP contribution in [0.2, 0.25) is 0 Å². The largest absolute Gasteiger partial charge is 0.496 e. The summed E-state index contributed by atoms with van der Waals surface area (Å²) in [5, 5.41) is 7.91. The number of nitrogens with zero attached hydrogens (tertiary/aromatic N) is 2. The molecule has 0 radical (unpaired) electrons. The van der Waals surface area contributed by atoms with Gasteiger partial charge >= 0.3 is 0 Å². The van der Waals surface area contributed by atoms with E-state index in [1.54, 1.807) is 7.11 Å². The summed E-state index contributed by atoms with van der Waals surface area (Å²) in [5.41, 5.74) is 2.19. The summed E-state index contributed by atoms with van der Waals surface area (Å²) in [6.45, 7) is 5.79. The van der Waals surface area contributed by atoms with Crippen LogP contribution in [0.15, 0.2) is 36.5 Å². The first kappa shape index (κ1) is 13.6. The van der Waals surface area contributed by atoms with Gasteiger partial charge in [-0.15, -0.1) is 0 Å². The van der Waals surface area contributed by atoms with Gasteiger partial charge in [-0.3, -0.25) is 4.68 Å². The number of para-hydroxylation sites is 1. The Balaban J connectivity index is 2.03. The first-order valence-corrected chi connectivity index (χ1v) is 6.56. The molecule has 0 fully saturated rings. The molecule has 2 rings (SSSR count). The topological polar surface area (TPSA) is 39.1 Å². The maximum atomic E-state index is 5.35. The summed E-state index contributed by atoms with van der Waals surface area (Å²) in [6.07, 6.45) is 2.00. The minimum absolute atomic E-state index is 0.472. The fraction of sp³-hybridized carbons (Fsp3) is 0.400. The average molecular weight is 259 g/mol. The number of ether oxygens (including phenoxy) is 1. The molecule has 1 N–H and O–H groups in total. The SMILES string of the molecule is COc1ccccc1Cn1ccc(CNC(C)C)n1. The molecule has 1 heterocycles. The van der Waals surface area contributed by atoms with E-state index in [-0.39, 0.29) is 0 Å². The van der Waals surface area contributed by atoms with Gasteiger partial charge in [0.25, 0.3) is 0 Å². The number of aromatic nitrogens is 2. The first-order valence-electron chi connectivity index (χ1n) is 6.56. The van der Waals surface area contributed by atoms with Crippen molar-refractivity contribution in [1.82, 2.24) is 15.1 Å². The quantitative estimate of drug-likeness (QED) is 0.866. The highest BCUT2D eigenvalue weighted by Gasteiger charge is 2.04. The van der Waals surface area contributed by atoms with Crippen molar-refractivity contribution < 1.29 is 4.74 Å². The monoisotopic (exact) mass is 259 g/mol. The molecule has 1 aromatic heterocycles. The molecule has 4 nitrogen and oxygen atoms in total. The Morgan fingerprint density at radius 3 is 2.79 bits per heavy atom. The minimum Gasteiger partial charge on any atom is -0.496 e. The fourth-order valence-electron chi connectivity index (χ4n) is 1.90. The van der Waals surface area contributed by atoms with Crippen LogP contribution in [0.4, 0.5) is 0 Å². The Kier molecular flexibility index (Phi) is 4.58. The standard InChI is InChI=1S/C15H21N3O/c1-12(2)16-10-14-8-9-18(17-14)11-13-6-4-5-7-15(13)19-3/h4-9,12,16H,10-11H2,1-3H3. The van der Waals surface area contributed by atoms with E-state index < -0.39 is 0 Å². The van der Waals surface area contributed by atoms with Gasteiger partial charge in [0, 0.05) is 24.3 Å².